The summed E-state index contributed by atoms with van der Waals surface area (Å²) in [7, 11) is -5.04. The van der Waals surface area contributed by atoms with E-state index in [9.17, 15) is 32.1 Å². The fourth-order valence-corrected chi connectivity index (χ4v) is 2.75. The number of rotatable bonds is 5. The third kappa shape index (κ3) is 5.34. The second-order valence-corrected chi connectivity index (χ2v) is 6.97. The summed E-state index contributed by atoms with van der Waals surface area (Å²) in [6, 6.07) is 5.30. The molecule has 1 aromatic rings. The summed E-state index contributed by atoms with van der Waals surface area (Å²) in [5.74, 6) is -3.93. The number of nitrogens with zero attached hydrogens (tertiary/aromatic N) is 1. The molecule has 1 atom stereocenters. The van der Waals surface area contributed by atoms with E-state index in [0.29, 0.717) is 5.69 Å². The zero-order chi connectivity index (χ0) is 18.8. The fraction of sp³-hybridized carbons (Fsp3) is 0.231. The Morgan fingerprint density at radius 2 is 1.85 bits per heavy atom. The molecule has 1 fully saturated rings. The van der Waals surface area contributed by atoms with Gasteiger partial charge in [0.1, 0.15) is 15.4 Å². The monoisotopic (exact) mass is 456 g/mol. The molecule has 1 aliphatic heterocycles. The molecule has 1 aromatic carbocycles. The molecule has 13 heteroatoms. The SMILES string of the molecule is O=C(CBr)Nc1ccc(C(=O)ON2C(=O)CC(S(=O)(=O)[O-])C2=O)cc1.[Na+]. The van der Waals surface area contributed by atoms with Crippen LogP contribution < -0.4 is 34.9 Å². The van der Waals surface area contributed by atoms with E-state index in [-0.39, 0.29) is 51.4 Å². The van der Waals surface area contributed by atoms with Gasteiger partial charge in [0.25, 0.3) is 11.8 Å². The van der Waals surface area contributed by atoms with Crippen LogP contribution >= 0.6 is 15.9 Å². The van der Waals surface area contributed by atoms with Crippen LogP contribution in [0.5, 0.6) is 0 Å². The van der Waals surface area contributed by atoms with Gasteiger partial charge in [0.15, 0.2) is 0 Å². The molecule has 10 nitrogen and oxygen atoms in total. The van der Waals surface area contributed by atoms with E-state index in [2.05, 4.69) is 26.1 Å². The maximum Gasteiger partial charge on any atom is 1.00 e. The zero-order valence-corrected chi connectivity index (χ0v) is 17.7. The van der Waals surface area contributed by atoms with Crippen molar-refractivity contribution in [2.75, 3.05) is 10.6 Å². The summed E-state index contributed by atoms with van der Waals surface area (Å²) in [6.07, 6.45) is -0.880. The van der Waals surface area contributed by atoms with Gasteiger partial charge in [-0.1, -0.05) is 15.9 Å². The van der Waals surface area contributed by atoms with Crippen molar-refractivity contribution in [2.24, 2.45) is 0 Å². The number of carbonyl (C=O) groups is 4. The largest absolute Gasteiger partial charge is 1.00 e. The van der Waals surface area contributed by atoms with Gasteiger partial charge >= 0.3 is 35.5 Å². The maximum absolute atomic E-state index is 11.9. The zero-order valence-electron chi connectivity index (χ0n) is 13.3. The molecule has 3 amide bonds. The molecule has 0 aromatic heterocycles. The fourth-order valence-electron chi connectivity index (χ4n) is 1.92. The molecule has 134 valence electrons. The van der Waals surface area contributed by atoms with Crippen LogP contribution in [0.15, 0.2) is 24.3 Å². The van der Waals surface area contributed by atoms with Gasteiger partial charge < -0.3 is 14.7 Å². The third-order valence-electron chi connectivity index (χ3n) is 3.11. The van der Waals surface area contributed by atoms with Gasteiger partial charge in [-0.05, 0) is 24.3 Å². The van der Waals surface area contributed by atoms with Gasteiger partial charge in [0, 0.05) is 5.69 Å². The van der Waals surface area contributed by atoms with E-state index in [1.165, 1.54) is 24.3 Å². The smallest absolute Gasteiger partial charge is 0.747 e. The molecule has 0 radical (unpaired) electrons. The molecule has 1 heterocycles. The molecule has 26 heavy (non-hydrogen) atoms. The number of nitrogens with one attached hydrogen (secondary N) is 1. The first kappa shape index (κ1) is 22.7. The van der Waals surface area contributed by atoms with E-state index >= 15 is 0 Å². The first-order valence-corrected chi connectivity index (χ1v) is 9.22. The first-order chi connectivity index (χ1) is 11.6. The number of hydroxylamine groups is 2. The molecule has 0 saturated carbocycles. The molecule has 0 aliphatic carbocycles. The number of alkyl halides is 1. The van der Waals surface area contributed by atoms with E-state index in [0.717, 1.165) is 0 Å². The Labute approximate surface area is 178 Å². The Morgan fingerprint density at radius 1 is 1.27 bits per heavy atom. The van der Waals surface area contributed by atoms with Crippen LogP contribution in [-0.2, 0) is 29.3 Å². The van der Waals surface area contributed by atoms with Gasteiger partial charge in [0.2, 0.25) is 5.91 Å². The van der Waals surface area contributed by atoms with Crippen molar-refractivity contribution in [1.82, 2.24) is 5.06 Å². The summed E-state index contributed by atoms with van der Waals surface area (Å²) in [6.45, 7) is 0. The molecule has 1 saturated heterocycles. The van der Waals surface area contributed by atoms with Crippen LogP contribution in [0.3, 0.4) is 0 Å². The van der Waals surface area contributed by atoms with Crippen molar-refractivity contribution >= 4 is 55.4 Å². The topological polar surface area (TPSA) is 150 Å². The Balaban J connectivity index is 0.00000338. The van der Waals surface area contributed by atoms with Crippen LogP contribution in [-0.4, -0.2) is 52.3 Å². The molecular weight excluding hydrogens is 447 g/mol. The van der Waals surface area contributed by atoms with Gasteiger partial charge in [-0.3, -0.25) is 14.4 Å². The van der Waals surface area contributed by atoms with Crippen LogP contribution in [0, 0.1) is 0 Å². The predicted molar refractivity (Wildman–Crippen MR) is 84.2 cm³/mol. The van der Waals surface area contributed by atoms with E-state index in [1.807, 2.05) is 0 Å². The second kappa shape index (κ2) is 9.06. The van der Waals surface area contributed by atoms with Crippen LogP contribution in [0.4, 0.5) is 5.69 Å². The standard InChI is InChI=1S/C13H11BrN2O8S.Na/c14-6-10(17)15-8-3-1-7(2-4-8)13(20)24-16-11(18)5-9(12(16)19)25(21,22)23;/h1-4,9H,5-6H2,(H,15,17)(H,21,22,23);/q;+1/p-1. The summed E-state index contributed by atoms with van der Waals surface area (Å²) < 4.78 is 32.7. The molecule has 1 unspecified atom stereocenters. The van der Waals surface area contributed by atoms with Gasteiger partial charge in [-0.2, -0.15) is 0 Å². The summed E-state index contributed by atoms with van der Waals surface area (Å²) in [5.41, 5.74) is 0.331. The molecule has 1 N–H and O–H groups in total. The van der Waals surface area contributed by atoms with Crippen molar-refractivity contribution in [3.05, 3.63) is 29.8 Å². The Bertz CT molecular complexity index is 842. The molecule has 0 spiro atoms. The average Bonchev–Trinajstić information content (AvgIpc) is 2.83. The van der Waals surface area contributed by atoms with Gasteiger partial charge in [0.05, 0.1) is 17.3 Å². The second-order valence-electron chi connectivity index (χ2n) is 4.85. The quantitative estimate of drug-likeness (QED) is 0.210. The normalized spacial score (nSPS) is 16.8. The van der Waals surface area contributed by atoms with Crippen molar-refractivity contribution in [3.63, 3.8) is 0 Å². The Kier molecular flexibility index (Phi) is 7.92. The summed E-state index contributed by atoms with van der Waals surface area (Å²) >= 11 is 2.97. The third-order valence-corrected chi connectivity index (χ3v) is 4.69. The maximum atomic E-state index is 11.9. The molecule has 1 aliphatic rings. The predicted octanol–water partition coefficient (Wildman–Crippen LogP) is -3.23. The van der Waals surface area contributed by atoms with Crippen LogP contribution in [0.2, 0.25) is 0 Å². The van der Waals surface area contributed by atoms with Crippen LogP contribution in [0.25, 0.3) is 0 Å². The number of imide groups is 1. The minimum absolute atomic E-state index is 0. The van der Waals surface area contributed by atoms with Gasteiger partial charge in [-0.15, -0.1) is 5.06 Å². The number of amides is 3. The minimum Gasteiger partial charge on any atom is -0.747 e. The average molecular weight is 457 g/mol. The summed E-state index contributed by atoms with van der Waals surface area (Å²) in [5, 5.41) is 0.465. The van der Waals surface area contributed by atoms with E-state index in [4.69, 9.17) is 0 Å². The molecular formula is C13H10BrN2NaO8S. The number of hydrogen-bond acceptors (Lipinski definition) is 8. The van der Waals surface area contributed by atoms with E-state index in [1.54, 1.807) is 0 Å². The Morgan fingerprint density at radius 3 is 2.31 bits per heavy atom. The van der Waals surface area contributed by atoms with Crippen molar-refractivity contribution in [2.45, 2.75) is 11.7 Å². The first-order valence-electron chi connectivity index (χ1n) is 6.63. The number of benzene rings is 1. The van der Waals surface area contributed by atoms with Crippen molar-refractivity contribution < 1.29 is 66.5 Å². The van der Waals surface area contributed by atoms with Crippen LogP contribution in [0.1, 0.15) is 16.8 Å². The number of hydrogen-bond donors (Lipinski definition) is 1. The van der Waals surface area contributed by atoms with Crippen molar-refractivity contribution in [3.8, 4) is 0 Å². The summed E-state index contributed by atoms with van der Waals surface area (Å²) in [4.78, 5) is 51.1. The molecule has 2 rings (SSSR count). The van der Waals surface area contributed by atoms with Gasteiger partial charge in [-0.25, -0.2) is 13.2 Å². The Hall–Kier alpha value is -1.31. The number of halogens is 1. The minimum atomic E-state index is -5.04. The number of carbonyl (C=O) groups excluding carboxylic acids is 4. The number of anilines is 1. The molecule has 0 bridgehead atoms. The van der Waals surface area contributed by atoms with Crippen molar-refractivity contribution in [1.29, 1.82) is 0 Å². The van der Waals surface area contributed by atoms with E-state index < -0.39 is 39.6 Å².